The highest BCUT2D eigenvalue weighted by atomic mass is 19.1. The number of carbonyl (C=O) groups excluding carboxylic acids is 2. The molecule has 2 N–H and O–H groups in total. The van der Waals surface area contributed by atoms with E-state index in [2.05, 4.69) is 15.8 Å². The predicted molar refractivity (Wildman–Crippen MR) is 98.0 cm³/mol. The summed E-state index contributed by atoms with van der Waals surface area (Å²) in [7, 11) is 0. The highest BCUT2D eigenvalue weighted by molar-refractivity contribution is 6.08. The van der Waals surface area contributed by atoms with Gasteiger partial charge >= 0.3 is 0 Å². The van der Waals surface area contributed by atoms with Crippen LogP contribution < -0.4 is 10.6 Å². The zero-order valence-electron chi connectivity index (χ0n) is 14.4. The summed E-state index contributed by atoms with van der Waals surface area (Å²) in [6.45, 7) is 0. The van der Waals surface area contributed by atoms with Crippen molar-refractivity contribution < 1.29 is 18.8 Å². The van der Waals surface area contributed by atoms with Gasteiger partial charge in [-0.05, 0) is 37.1 Å². The van der Waals surface area contributed by atoms with E-state index in [0.29, 0.717) is 22.5 Å². The summed E-state index contributed by atoms with van der Waals surface area (Å²) >= 11 is 0. The molecule has 2 aromatic rings. The van der Waals surface area contributed by atoms with Gasteiger partial charge in [0.1, 0.15) is 5.82 Å². The molecule has 1 heterocycles. The van der Waals surface area contributed by atoms with Crippen LogP contribution in [0.25, 0.3) is 0 Å². The van der Waals surface area contributed by atoms with Gasteiger partial charge < -0.3 is 15.5 Å². The normalized spacial score (nSPS) is 18.4. The number of benzene rings is 2. The minimum Gasteiger partial charge on any atom is -0.382 e. The smallest absolute Gasteiger partial charge is 0.268 e. The average Bonchev–Trinajstić information content (AvgIpc) is 3.33. The lowest BCUT2D eigenvalue weighted by molar-refractivity contribution is -0.125. The molecule has 0 radical (unpaired) electrons. The highest BCUT2D eigenvalue weighted by Crippen LogP contribution is 2.23. The molecule has 1 atom stereocenters. The number of hydrogen-bond donors (Lipinski definition) is 2. The molecule has 6 nitrogen and oxygen atoms in total. The molecule has 1 aliphatic carbocycles. The van der Waals surface area contributed by atoms with Crippen LogP contribution >= 0.6 is 0 Å². The lowest BCUT2D eigenvalue weighted by Crippen LogP contribution is -2.30. The fraction of sp³-hybridized carbons (Fsp3) is 0.250. The summed E-state index contributed by atoms with van der Waals surface area (Å²) in [4.78, 5) is 30.1. The van der Waals surface area contributed by atoms with E-state index in [9.17, 15) is 14.0 Å². The molecule has 7 heteroatoms. The van der Waals surface area contributed by atoms with E-state index >= 15 is 0 Å². The Morgan fingerprint density at radius 3 is 2.70 bits per heavy atom. The van der Waals surface area contributed by atoms with Crippen LogP contribution in [0.5, 0.6) is 0 Å². The van der Waals surface area contributed by atoms with Crippen LogP contribution in [0, 0.1) is 5.82 Å². The van der Waals surface area contributed by atoms with Crippen molar-refractivity contribution in [2.75, 3.05) is 5.32 Å². The number of amides is 2. The van der Waals surface area contributed by atoms with E-state index in [1.165, 1.54) is 12.1 Å². The molecular formula is C20H18FN3O3. The molecule has 4 rings (SSSR count). The first-order valence-corrected chi connectivity index (χ1v) is 8.79. The third-order valence-electron chi connectivity index (χ3n) is 4.46. The monoisotopic (exact) mass is 367 g/mol. The van der Waals surface area contributed by atoms with Crippen molar-refractivity contribution in [3.8, 4) is 0 Å². The molecule has 1 fully saturated rings. The van der Waals surface area contributed by atoms with Crippen molar-refractivity contribution in [2.45, 2.75) is 31.4 Å². The van der Waals surface area contributed by atoms with Crippen molar-refractivity contribution in [3.05, 3.63) is 65.5 Å². The Labute approximate surface area is 155 Å². The molecule has 0 aromatic heterocycles. The molecule has 2 aromatic carbocycles. The SMILES string of the molecule is O=C(NC1CC1)c1ccccc1NC(=O)[C@@H]1CC(c2cccc(F)c2)=NO1. The van der Waals surface area contributed by atoms with Crippen molar-refractivity contribution in [1.82, 2.24) is 5.32 Å². The summed E-state index contributed by atoms with van der Waals surface area (Å²) < 4.78 is 13.4. The minimum atomic E-state index is -0.831. The number of oxime groups is 1. The lowest BCUT2D eigenvalue weighted by Gasteiger charge is -2.13. The van der Waals surface area contributed by atoms with Crippen molar-refractivity contribution in [3.63, 3.8) is 0 Å². The summed E-state index contributed by atoms with van der Waals surface area (Å²) in [6.07, 6.45) is 1.36. The van der Waals surface area contributed by atoms with Gasteiger partial charge in [-0.25, -0.2) is 4.39 Å². The zero-order chi connectivity index (χ0) is 18.8. The van der Waals surface area contributed by atoms with Gasteiger partial charge in [-0.3, -0.25) is 9.59 Å². The Morgan fingerprint density at radius 2 is 1.93 bits per heavy atom. The molecule has 0 spiro atoms. The zero-order valence-corrected chi connectivity index (χ0v) is 14.4. The van der Waals surface area contributed by atoms with Gasteiger partial charge in [0.25, 0.3) is 11.8 Å². The van der Waals surface area contributed by atoms with Crippen LogP contribution in [0.2, 0.25) is 0 Å². The fourth-order valence-corrected chi connectivity index (χ4v) is 2.85. The molecule has 27 heavy (non-hydrogen) atoms. The topological polar surface area (TPSA) is 79.8 Å². The first kappa shape index (κ1) is 17.2. The molecule has 0 unspecified atom stereocenters. The number of nitrogens with zero attached hydrogens (tertiary/aromatic N) is 1. The van der Waals surface area contributed by atoms with Gasteiger partial charge in [0.2, 0.25) is 6.10 Å². The van der Waals surface area contributed by atoms with E-state index in [1.54, 1.807) is 36.4 Å². The molecule has 1 aliphatic heterocycles. The Kier molecular flexibility index (Phi) is 4.58. The molecule has 2 aliphatic rings. The second-order valence-corrected chi connectivity index (χ2v) is 6.63. The minimum absolute atomic E-state index is 0.211. The van der Waals surface area contributed by atoms with Gasteiger partial charge in [0, 0.05) is 18.0 Å². The van der Waals surface area contributed by atoms with E-state index in [1.807, 2.05) is 0 Å². The van der Waals surface area contributed by atoms with Crippen LogP contribution in [0.1, 0.15) is 35.2 Å². The van der Waals surface area contributed by atoms with Crippen molar-refractivity contribution in [1.29, 1.82) is 0 Å². The second-order valence-electron chi connectivity index (χ2n) is 6.63. The first-order chi connectivity index (χ1) is 13.1. The number of rotatable bonds is 5. The van der Waals surface area contributed by atoms with Crippen LogP contribution in [-0.4, -0.2) is 29.7 Å². The Balaban J connectivity index is 1.42. The number of halogens is 1. The summed E-state index contributed by atoms with van der Waals surface area (Å²) in [6, 6.07) is 13.0. The summed E-state index contributed by atoms with van der Waals surface area (Å²) in [5, 5.41) is 9.55. The van der Waals surface area contributed by atoms with Crippen LogP contribution in [-0.2, 0) is 9.63 Å². The predicted octanol–water partition coefficient (Wildman–Crippen LogP) is 2.85. The van der Waals surface area contributed by atoms with Crippen LogP contribution in [0.15, 0.2) is 53.7 Å². The Hall–Kier alpha value is -3.22. The van der Waals surface area contributed by atoms with Gasteiger partial charge in [-0.1, -0.05) is 29.4 Å². The maximum Gasteiger partial charge on any atom is 0.268 e. The number of para-hydroxylation sites is 1. The van der Waals surface area contributed by atoms with E-state index < -0.39 is 12.0 Å². The molecule has 1 saturated carbocycles. The average molecular weight is 367 g/mol. The number of hydrogen-bond acceptors (Lipinski definition) is 4. The Bertz CT molecular complexity index is 924. The Morgan fingerprint density at radius 1 is 1.11 bits per heavy atom. The molecule has 0 saturated heterocycles. The van der Waals surface area contributed by atoms with E-state index in [0.717, 1.165) is 12.8 Å². The quantitative estimate of drug-likeness (QED) is 0.853. The van der Waals surface area contributed by atoms with Crippen molar-refractivity contribution >= 4 is 23.2 Å². The molecular weight excluding hydrogens is 349 g/mol. The van der Waals surface area contributed by atoms with Crippen LogP contribution in [0.4, 0.5) is 10.1 Å². The maximum absolute atomic E-state index is 13.4. The van der Waals surface area contributed by atoms with E-state index in [4.69, 9.17) is 4.84 Å². The molecule has 138 valence electrons. The number of carbonyl (C=O) groups is 2. The summed E-state index contributed by atoms with van der Waals surface area (Å²) in [5.41, 5.74) is 1.91. The molecule has 0 bridgehead atoms. The van der Waals surface area contributed by atoms with Gasteiger partial charge in [-0.2, -0.15) is 0 Å². The van der Waals surface area contributed by atoms with Gasteiger partial charge in [0.05, 0.1) is 17.0 Å². The maximum atomic E-state index is 13.4. The van der Waals surface area contributed by atoms with E-state index in [-0.39, 0.29) is 24.2 Å². The standard InChI is InChI=1S/C20H18FN3O3/c21-13-5-3-4-12(10-13)17-11-18(27-24-17)20(26)23-16-7-2-1-6-15(16)19(25)22-14-8-9-14/h1-7,10,14,18H,8-9,11H2,(H,22,25)(H,23,26)/t18-/m0/s1. The van der Waals surface area contributed by atoms with Gasteiger partial charge in [0.15, 0.2) is 0 Å². The second kappa shape index (κ2) is 7.19. The number of anilines is 1. The first-order valence-electron chi connectivity index (χ1n) is 8.79. The fourth-order valence-electron chi connectivity index (χ4n) is 2.85. The lowest BCUT2D eigenvalue weighted by atomic mass is 10.0. The van der Waals surface area contributed by atoms with Crippen LogP contribution in [0.3, 0.4) is 0 Å². The number of nitrogens with one attached hydrogen (secondary N) is 2. The summed E-state index contributed by atoms with van der Waals surface area (Å²) in [5.74, 6) is -0.993. The van der Waals surface area contributed by atoms with Crippen molar-refractivity contribution in [2.24, 2.45) is 5.16 Å². The third-order valence-corrected chi connectivity index (χ3v) is 4.46. The third kappa shape index (κ3) is 3.97. The largest absolute Gasteiger partial charge is 0.382 e. The molecule has 2 amide bonds. The van der Waals surface area contributed by atoms with Gasteiger partial charge in [-0.15, -0.1) is 0 Å². The highest BCUT2D eigenvalue weighted by Gasteiger charge is 2.30.